The van der Waals surface area contributed by atoms with E-state index in [0.717, 1.165) is 6.42 Å². The van der Waals surface area contributed by atoms with Crippen molar-refractivity contribution in [1.82, 2.24) is 0 Å². The number of alkyl halides is 1. The molecule has 2 heteroatoms. The number of benzene rings is 2. The highest BCUT2D eigenvalue weighted by Crippen LogP contribution is 2.39. The van der Waals surface area contributed by atoms with E-state index in [-0.39, 0.29) is 5.38 Å². The molecule has 0 amide bonds. The molecule has 0 radical (unpaired) electrons. The van der Waals surface area contributed by atoms with Crippen LogP contribution >= 0.6 is 34.2 Å². The Kier molecular flexibility index (Phi) is 4.67. The number of rotatable bonds is 2. The Morgan fingerprint density at radius 1 is 1.05 bits per heavy atom. The summed E-state index contributed by atoms with van der Waals surface area (Å²) in [6.07, 6.45) is 4.71. The molecular weight excluding hydrogens is 379 g/mol. The van der Waals surface area contributed by atoms with E-state index < -0.39 is 0 Å². The highest BCUT2D eigenvalue weighted by atomic mass is 127. The average molecular weight is 397 g/mol. The summed E-state index contributed by atoms with van der Waals surface area (Å²) < 4.78 is 1.29. The summed E-state index contributed by atoms with van der Waals surface area (Å²) >= 11 is 9.15. The van der Waals surface area contributed by atoms with E-state index in [2.05, 4.69) is 71.1 Å². The molecule has 2 aromatic carbocycles. The Morgan fingerprint density at radius 2 is 1.80 bits per heavy atom. The van der Waals surface area contributed by atoms with E-state index in [1.165, 1.54) is 39.5 Å². The molecule has 0 saturated heterocycles. The standard InChI is InChI=1S/C18H18ClI/c19-18-15(12-13-8-10-16(20)11-9-13)6-3-5-14-4-1-2-7-17(14)18/h1-2,4,7-11,15,18H,3,5-6,12H2. The third kappa shape index (κ3) is 3.20. The van der Waals surface area contributed by atoms with Crippen molar-refractivity contribution in [3.63, 3.8) is 0 Å². The van der Waals surface area contributed by atoms with Gasteiger partial charge in [-0.1, -0.05) is 36.4 Å². The molecule has 0 bridgehead atoms. The van der Waals surface area contributed by atoms with E-state index in [0.29, 0.717) is 5.92 Å². The van der Waals surface area contributed by atoms with Crippen molar-refractivity contribution in [3.05, 3.63) is 68.8 Å². The van der Waals surface area contributed by atoms with Crippen LogP contribution in [0.5, 0.6) is 0 Å². The number of hydrogen-bond donors (Lipinski definition) is 0. The van der Waals surface area contributed by atoms with Gasteiger partial charge in [-0.15, -0.1) is 11.6 Å². The van der Waals surface area contributed by atoms with Crippen LogP contribution in [0.15, 0.2) is 48.5 Å². The van der Waals surface area contributed by atoms with Gasteiger partial charge in [0.1, 0.15) is 0 Å². The molecule has 20 heavy (non-hydrogen) atoms. The van der Waals surface area contributed by atoms with E-state index in [4.69, 9.17) is 11.6 Å². The maximum Gasteiger partial charge on any atom is 0.0619 e. The second-order valence-corrected chi connectivity index (χ2v) is 7.30. The van der Waals surface area contributed by atoms with Crippen LogP contribution in [-0.4, -0.2) is 0 Å². The minimum Gasteiger partial charge on any atom is -0.117 e. The molecule has 0 nitrogen and oxygen atoms in total. The molecule has 3 rings (SSSR count). The Morgan fingerprint density at radius 3 is 2.60 bits per heavy atom. The van der Waals surface area contributed by atoms with Crippen molar-refractivity contribution < 1.29 is 0 Å². The first-order chi connectivity index (χ1) is 9.74. The van der Waals surface area contributed by atoms with Crippen molar-refractivity contribution in [3.8, 4) is 0 Å². The van der Waals surface area contributed by atoms with Gasteiger partial charge in [-0.25, -0.2) is 0 Å². The molecule has 2 unspecified atom stereocenters. The van der Waals surface area contributed by atoms with Crippen molar-refractivity contribution in [2.24, 2.45) is 5.92 Å². The zero-order valence-electron chi connectivity index (χ0n) is 11.4. The van der Waals surface area contributed by atoms with Gasteiger partial charge in [0.15, 0.2) is 0 Å². The molecule has 0 aromatic heterocycles. The zero-order valence-corrected chi connectivity index (χ0v) is 14.3. The van der Waals surface area contributed by atoms with Gasteiger partial charge in [0.05, 0.1) is 5.38 Å². The Labute approximate surface area is 139 Å². The van der Waals surface area contributed by atoms with E-state index >= 15 is 0 Å². The third-order valence-electron chi connectivity index (χ3n) is 4.20. The molecule has 0 N–H and O–H groups in total. The first-order valence-electron chi connectivity index (χ1n) is 7.20. The zero-order chi connectivity index (χ0) is 13.9. The van der Waals surface area contributed by atoms with Gasteiger partial charge in [-0.05, 0) is 83.0 Å². The summed E-state index contributed by atoms with van der Waals surface area (Å²) in [5, 5.41) is 0.146. The van der Waals surface area contributed by atoms with Crippen molar-refractivity contribution in [2.45, 2.75) is 31.1 Å². The molecule has 1 aliphatic carbocycles. The molecule has 0 aliphatic heterocycles. The molecule has 0 fully saturated rings. The molecule has 1 aliphatic rings. The molecule has 2 atom stereocenters. The van der Waals surface area contributed by atoms with Crippen LogP contribution in [0.3, 0.4) is 0 Å². The predicted molar refractivity (Wildman–Crippen MR) is 94.3 cm³/mol. The molecule has 0 spiro atoms. The van der Waals surface area contributed by atoms with Gasteiger partial charge in [-0.3, -0.25) is 0 Å². The van der Waals surface area contributed by atoms with Gasteiger partial charge in [0, 0.05) is 3.57 Å². The quantitative estimate of drug-likeness (QED) is 0.343. The minimum atomic E-state index is 0.146. The highest BCUT2D eigenvalue weighted by molar-refractivity contribution is 14.1. The average Bonchev–Trinajstić information content (AvgIpc) is 2.62. The number of aryl methyl sites for hydroxylation is 1. The summed E-state index contributed by atoms with van der Waals surface area (Å²) in [6.45, 7) is 0. The van der Waals surface area contributed by atoms with Crippen LogP contribution in [0.1, 0.15) is 34.9 Å². The highest BCUT2D eigenvalue weighted by Gasteiger charge is 2.25. The maximum atomic E-state index is 6.80. The summed E-state index contributed by atoms with van der Waals surface area (Å²) in [7, 11) is 0. The Balaban J connectivity index is 1.82. The summed E-state index contributed by atoms with van der Waals surface area (Å²) in [6, 6.07) is 17.5. The molecular formula is C18H18ClI. The van der Waals surface area contributed by atoms with Crippen molar-refractivity contribution in [1.29, 1.82) is 0 Å². The van der Waals surface area contributed by atoms with Crippen LogP contribution in [0.25, 0.3) is 0 Å². The fourth-order valence-corrected chi connectivity index (χ4v) is 3.90. The Hall–Kier alpha value is -0.540. The van der Waals surface area contributed by atoms with Gasteiger partial charge in [0.2, 0.25) is 0 Å². The number of halogens is 2. The lowest BCUT2D eigenvalue weighted by Gasteiger charge is -2.21. The molecule has 0 saturated carbocycles. The normalized spacial score (nSPS) is 22.1. The second kappa shape index (κ2) is 6.48. The summed E-state index contributed by atoms with van der Waals surface area (Å²) in [5.41, 5.74) is 4.19. The molecule has 2 aromatic rings. The number of fused-ring (bicyclic) bond motifs is 1. The van der Waals surface area contributed by atoms with Crippen molar-refractivity contribution in [2.75, 3.05) is 0 Å². The third-order valence-corrected chi connectivity index (χ3v) is 5.51. The van der Waals surface area contributed by atoms with Crippen molar-refractivity contribution >= 4 is 34.2 Å². The van der Waals surface area contributed by atoms with Crippen LogP contribution in [0.4, 0.5) is 0 Å². The van der Waals surface area contributed by atoms with Gasteiger partial charge in [-0.2, -0.15) is 0 Å². The van der Waals surface area contributed by atoms with E-state index in [9.17, 15) is 0 Å². The smallest absolute Gasteiger partial charge is 0.0619 e. The number of hydrogen-bond acceptors (Lipinski definition) is 0. The lowest BCUT2D eigenvalue weighted by atomic mass is 9.90. The Bertz CT molecular complexity index is 576. The van der Waals surface area contributed by atoms with Crippen LogP contribution < -0.4 is 0 Å². The first-order valence-corrected chi connectivity index (χ1v) is 8.72. The summed E-state index contributed by atoms with van der Waals surface area (Å²) in [4.78, 5) is 0. The lowest BCUT2D eigenvalue weighted by molar-refractivity contribution is 0.465. The maximum absolute atomic E-state index is 6.80. The van der Waals surface area contributed by atoms with E-state index in [1.54, 1.807) is 0 Å². The van der Waals surface area contributed by atoms with Crippen LogP contribution in [0.2, 0.25) is 0 Å². The predicted octanol–water partition coefficient (Wildman–Crippen LogP) is 5.77. The summed E-state index contributed by atoms with van der Waals surface area (Å²) in [5.74, 6) is 0.542. The minimum absolute atomic E-state index is 0.146. The molecule has 104 valence electrons. The van der Waals surface area contributed by atoms with Gasteiger partial charge >= 0.3 is 0 Å². The van der Waals surface area contributed by atoms with Gasteiger partial charge in [0.25, 0.3) is 0 Å². The SMILES string of the molecule is ClC1c2ccccc2CCCC1Cc1ccc(I)cc1. The topological polar surface area (TPSA) is 0 Å². The largest absolute Gasteiger partial charge is 0.117 e. The fourth-order valence-electron chi connectivity index (χ4n) is 3.11. The van der Waals surface area contributed by atoms with Gasteiger partial charge < -0.3 is 0 Å². The lowest BCUT2D eigenvalue weighted by Crippen LogP contribution is -2.10. The van der Waals surface area contributed by atoms with E-state index in [1.807, 2.05) is 0 Å². The van der Waals surface area contributed by atoms with Crippen LogP contribution in [-0.2, 0) is 12.8 Å². The fraction of sp³-hybridized carbons (Fsp3) is 0.333. The molecule has 0 heterocycles. The first kappa shape index (κ1) is 14.4. The monoisotopic (exact) mass is 396 g/mol. The van der Waals surface area contributed by atoms with Crippen LogP contribution in [0, 0.1) is 9.49 Å². The second-order valence-electron chi connectivity index (χ2n) is 5.58.